The minimum absolute atomic E-state index is 0.778. The Balaban J connectivity index is 1.23. The molecule has 0 amide bonds. The van der Waals surface area contributed by atoms with E-state index in [1.807, 2.05) is 25.1 Å². The van der Waals surface area contributed by atoms with Gasteiger partial charge in [-0.3, -0.25) is 4.99 Å². The first-order chi connectivity index (χ1) is 12.3. The van der Waals surface area contributed by atoms with Gasteiger partial charge in [0.1, 0.15) is 17.3 Å². The van der Waals surface area contributed by atoms with Gasteiger partial charge in [0.25, 0.3) is 0 Å². The normalized spacial score (nSPS) is 13.6. The smallest absolute Gasteiger partial charge is 0.136 e. The van der Waals surface area contributed by atoms with Crippen molar-refractivity contribution in [3.8, 4) is 5.75 Å². The summed E-state index contributed by atoms with van der Waals surface area (Å²) < 4.78 is 11.0. The monoisotopic (exact) mass is 341 g/mol. The molecule has 2 heterocycles. The van der Waals surface area contributed by atoms with Gasteiger partial charge in [-0.2, -0.15) is 0 Å². The van der Waals surface area contributed by atoms with Crippen LogP contribution in [0, 0.1) is 6.92 Å². The number of rotatable bonds is 10. The van der Waals surface area contributed by atoms with Gasteiger partial charge in [0.15, 0.2) is 0 Å². The highest BCUT2D eigenvalue weighted by molar-refractivity contribution is 5.99. The van der Waals surface area contributed by atoms with Crippen LogP contribution in [0.2, 0.25) is 0 Å². The number of nitrogens with zero attached hydrogens (tertiary/aromatic N) is 2. The van der Waals surface area contributed by atoms with Gasteiger partial charge in [0.2, 0.25) is 0 Å². The lowest BCUT2D eigenvalue weighted by atomic mass is 10.1. The molecule has 1 aliphatic heterocycles. The SMILES string of the molecule is Cc1cc(CCCCCCCOc2ccc(C3=NCCN3)cc2)on1. The zero-order valence-electron chi connectivity index (χ0n) is 15.0. The molecule has 0 saturated heterocycles. The topological polar surface area (TPSA) is 59.6 Å². The highest BCUT2D eigenvalue weighted by Crippen LogP contribution is 2.15. The average Bonchev–Trinajstić information content (AvgIpc) is 3.30. The van der Waals surface area contributed by atoms with Gasteiger partial charge in [-0.05, 0) is 44.0 Å². The van der Waals surface area contributed by atoms with Gasteiger partial charge in [-0.1, -0.05) is 24.4 Å². The Hall–Kier alpha value is -2.30. The van der Waals surface area contributed by atoms with E-state index in [9.17, 15) is 0 Å². The molecule has 1 N–H and O–H groups in total. The zero-order chi connectivity index (χ0) is 17.3. The van der Waals surface area contributed by atoms with Crippen molar-refractivity contribution in [1.82, 2.24) is 10.5 Å². The molecule has 1 aliphatic rings. The molecule has 0 unspecified atom stereocenters. The summed E-state index contributed by atoms with van der Waals surface area (Å²) >= 11 is 0. The lowest BCUT2D eigenvalue weighted by Gasteiger charge is -2.07. The van der Waals surface area contributed by atoms with Crippen molar-refractivity contribution >= 4 is 5.84 Å². The summed E-state index contributed by atoms with van der Waals surface area (Å²) in [7, 11) is 0. The molecule has 0 aliphatic carbocycles. The van der Waals surface area contributed by atoms with Crippen molar-refractivity contribution in [1.29, 1.82) is 0 Å². The summed E-state index contributed by atoms with van der Waals surface area (Å²) in [5.41, 5.74) is 2.10. The van der Waals surface area contributed by atoms with Crippen molar-refractivity contribution in [3.63, 3.8) is 0 Å². The van der Waals surface area contributed by atoms with E-state index in [-0.39, 0.29) is 0 Å². The van der Waals surface area contributed by atoms with Gasteiger partial charge in [0.05, 0.1) is 18.8 Å². The Morgan fingerprint density at radius 2 is 1.88 bits per heavy atom. The first-order valence-corrected chi connectivity index (χ1v) is 9.25. The summed E-state index contributed by atoms with van der Waals surface area (Å²) in [6, 6.07) is 10.2. The zero-order valence-corrected chi connectivity index (χ0v) is 15.0. The van der Waals surface area contributed by atoms with Crippen LogP contribution < -0.4 is 10.1 Å². The van der Waals surface area contributed by atoms with E-state index in [0.717, 1.165) is 67.6 Å². The number of amidine groups is 1. The van der Waals surface area contributed by atoms with Crippen LogP contribution in [-0.2, 0) is 6.42 Å². The molecule has 25 heavy (non-hydrogen) atoms. The molecule has 3 rings (SSSR count). The van der Waals surface area contributed by atoms with Crippen molar-refractivity contribution in [2.75, 3.05) is 19.7 Å². The molecule has 134 valence electrons. The summed E-state index contributed by atoms with van der Waals surface area (Å²) in [5, 5.41) is 7.19. The molecule has 1 aromatic carbocycles. The number of ether oxygens (including phenoxy) is 1. The predicted molar refractivity (Wildman–Crippen MR) is 99.4 cm³/mol. The molecule has 0 radical (unpaired) electrons. The Labute approximate surface area is 149 Å². The Morgan fingerprint density at radius 3 is 2.60 bits per heavy atom. The van der Waals surface area contributed by atoms with Gasteiger partial charge < -0.3 is 14.6 Å². The quantitative estimate of drug-likeness (QED) is 0.666. The molecule has 0 saturated carbocycles. The third kappa shape index (κ3) is 5.62. The van der Waals surface area contributed by atoms with Crippen molar-refractivity contribution in [2.45, 2.75) is 45.4 Å². The Morgan fingerprint density at radius 1 is 1.08 bits per heavy atom. The van der Waals surface area contributed by atoms with Crippen LogP contribution in [0.4, 0.5) is 0 Å². The van der Waals surface area contributed by atoms with Gasteiger partial charge in [0, 0.05) is 24.6 Å². The first kappa shape index (κ1) is 17.5. The van der Waals surface area contributed by atoms with Crippen LogP contribution in [0.5, 0.6) is 5.75 Å². The number of aromatic nitrogens is 1. The second kappa shape index (κ2) is 9.25. The minimum Gasteiger partial charge on any atom is -0.494 e. The standard InChI is InChI=1S/C20H27N3O2/c1-16-15-19(25-23-16)7-5-3-2-4-6-14-24-18-10-8-17(9-11-18)20-21-12-13-22-20/h8-11,15H,2-7,12-14H2,1H3,(H,21,22). The van der Waals surface area contributed by atoms with Gasteiger partial charge in [-0.25, -0.2) is 0 Å². The number of aryl methyl sites for hydroxylation is 2. The molecule has 0 fully saturated rings. The lowest BCUT2D eigenvalue weighted by Crippen LogP contribution is -2.19. The van der Waals surface area contributed by atoms with E-state index in [4.69, 9.17) is 9.26 Å². The first-order valence-electron chi connectivity index (χ1n) is 9.25. The fourth-order valence-electron chi connectivity index (χ4n) is 2.96. The fraction of sp³-hybridized carbons (Fsp3) is 0.500. The van der Waals surface area contributed by atoms with Gasteiger partial charge >= 0.3 is 0 Å². The van der Waals surface area contributed by atoms with E-state index >= 15 is 0 Å². The molecule has 0 spiro atoms. The number of hydrogen-bond donors (Lipinski definition) is 1. The number of aliphatic imine (C=N–C) groups is 1. The lowest BCUT2D eigenvalue weighted by molar-refractivity contribution is 0.304. The summed E-state index contributed by atoms with van der Waals surface area (Å²) in [5.74, 6) is 2.93. The molecular weight excluding hydrogens is 314 g/mol. The maximum atomic E-state index is 5.82. The van der Waals surface area contributed by atoms with Gasteiger partial charge in [-0.15, -0.1) is 0 Å². The van der Waals surface area contributed by atoms with Crippen LogP contribution >= 0.6 is 0 Å². The minimum atomic E-state index is 0.778. The van der Waals surface area contributed by atoms with Crippen LogP contribution in [-0.4, -0.2) is 30.7 Å². The summed E-state index contributed by atoms with van der Waals surface area (Å²) in [6.07, 6.45) is 6.91. The predicted octanol–water partition coefficient (Wildman–Crippen LogP) is 3.90. The van der Waals surface area contributed by atoms with Crippen LogP contribution in [0.3, 0.4) is 0 Å². The van der Waals surface area contributed by atoms with E-state index < -0.39 is 0 Å². The van der Waals surface area contributed by atoms with Crippen LogP contribution in [0.1, 0.15) is 49.1 Å². The molecule has 5 nitrogen and oxygen atoms in total. The third-order valence-electron chi connectivity index (χ3n) is 4.31. The molecule has 1 aromatic heterocycles. The molecule has 5 heteroatoms. The number of benzene rings is 1. The van der Waals surface area contributed by atoms with Crippen LogP contribution in [0.25, 0.3) is 0 Å². The molecule has 0 bridgehead atoms. The van der Waals surface area contributed by atoms with Crippen molar-refractivity contribution in [3.05, 3.63) is 47.3 Å². The van der Waals surface area contributed by atoms with E-state index in [0.29, 0.717) is 0 Å². The van der Waals surface area contributed by atoms with E-state index in [1.165, 1.54) is 19.3 Å². The number of nitrogens with one attached hydrogen (secondary N) is 1. The molecule has 2 aromatic rings. The Bertz CT molecular complexity index is 677. The third-order valence-corrected chi connectivity index (χ3v) is 4.31. The average molecular weight is 341 g/mol. The van der Waals surface area contributed by atoms with Crippen molar-refractivity contribution in [2.24, 2.45) is 4.99 Å². The second-order valence-electron chi connectivity index (χ2n) is 6.48. The fourth-order valence-corrected chi connectivity index (χ4v) is 2.96. The molecule has 0 atom stereocenters. The number of hydrogen-bond acceptors (Lipinski definition) is 5. The Kier molecular flexibility index (Phi) is 6.48. The summed E-state index contributed by atoms with van der Waals surface area (Å²) in [6.45, 7) is 4.54. The molecular formula is C20H27N3O2. The number of unbranched alkanes of at least 4 members (excludes halogenated alkanes) is 4. The van der Waals surface area contributed by atoms with Crippen LogP contribution in [0.15, 0.2) is 39.8 Å². The largest absolute Gasteiger partial charge is 0.494 e. The van der Waals surface area contributed by atoms with E-state index in [1.54, 1.807) is 0 Å². The van der Waals surface area contributed by atoms with Crippen molar-refractivity contribution < 1.29 is 9.26 Å². The second-order valence-corrected chi connectivity index (χ2v) is 6.48. The summed E-state index contributed by atoms with van der Waals surface area (Å²) in [4.78, 5) is 4.42. The maximum Gasteiger partial charge on any atom is 0.136 e. The highest BCUT2D eigenvalue weighted by Gasteiger charge is 2.07. The highest BCUT2D eigenvalue weighted by atomic mass is 16.5. The van der Waals surface area contributed by atoms with E-state index in [2.05, 4.69) is 27.6 Å². The maximum absolute atomic E-state index is 5.82.